The highest BCUT2D eigenvalue weighted by atomic mass is 79.9. The Labute approximate surface area is 150 Å². The zero-order chi connectivity index (χ0) is 15.4. The third-order valence-electron chi connectivity index (χ3n) is 2.46. The van der Waals surface area contributed by atoms with E-state index in [1.807, 2.05) is 24.3 Å². The number of hydrogen-bond acceptors (Lipinski definition) is 2. The predicted molar refractivity (Wildman–Crippen MR) is 95.0 cm³/mol. The molecule has 0 aromatic heterocycles. The monoisotopic (exact) mass is 423 g/mol. The lowest BCUT2D eigenvalue weighted by molar-refractivity contribution is -0.113. The van der Waals surface area contributed by atoms with Crippen molar-refractivity contribution in [1.82, 2.24) is 0 Å². The summed E-state index contributed by atoms with van der Waals surface area (Å²) in [5.74, 6) is 0.109. The maximum absolute atomic E-state index is 11.9. The average molecular weight is 426 g/mol. The van der Waals surface area contributed by atoms with E-state index in [-0.39, 0.29) is 11.7 Å². The van der Waals surface area contributed by atoms with E-state index >= 15 is 0 Å². The first-order valence-electron chi connectivity index (χ1n) is 5.78. The molecule has 0 unspecified atom stereocenters. The van der Waals surface area contributed by atoms with E-state index in [0.717, 1.165) is 15.1 Å². The van der Waals surface area contributed by atoms with Gasteiger partial charge in [0.15, 0.2) is 0 Å². The fourth-order valence-corrected chi connectivity index (χ4v) is 3.28. The second-order valence-electron chi connectivity index (χ2n) is 4.04. The number of carbonyl (C=O) groups excluding carboxylic acids is 1. The Morgan fingerprint density at radius 1 is 1.05 bits per heavy atom. The molecule has 0 spiro atoms. The summed E-state index contributed by atoms with van der Waals surface area (Å²) < 4.78 is 0.956. The van der Waals surface area contributed by atoms with Crippen LogP contribution in [-0.2, 0) is 4.79 Å². The Kier molecular flexibility index (Phi) is 6.26. The van der Waals surface area contributed by atoms with Gasteiger partial charge in [0, 0.05) is 15.1 Å². The van der Waals surface area contributed by atoms with Gasteiger partial charge in [-0.2, -0.15) is 0 Å². The molecule has 2 aromatic rings. The minimum Gasteiger partial charge on any atom is -0.325 e. The Balaban J connectivity index is 1.95. The summed E-state index contributed by atoms with van der Waals surface area (Å²) in [6, 6.07) is 10.6. The predicted octanol–water partition coefficient (Wildman–Crippen LogP) is 6.14. The molecular weight excluding hydrogens is 416 g/mol. The molecule has 0 bridgehead atoms. The van der Waals surface area contributed by atoms with Crippen molar-refractivity contribution in [2.45, 2.75) is 4.90 Å². The van der Waals surface area contributed by atoms with Gasteiger partial charge in [0.05, 0.1) is 20.8 Å². The number of anilines is 1. The van der Waals surface area contributed by atoms with Crippen molar-refractivity contribution in [1.29, 1.82) is 0 Å². The lowest BCUT2D eigenvalue weighted by Gasteiger charge is -2.07. The molecule has 7 heteroatoms. The second kappa shape index (κ2) is 7.75. The number of benzene rings is 2. The van der Waals surface area contributed by atoms with Crippen molar-refractivity contribution in [2.75, 3.05) is 11.1 Å². The van der Waals surface area contributed by atoms with Crippen molar-refractivity contribution in [3.05, 3.63) is 55.9 Å². The Morgan fingerprint density at radius 3 is 2.33 bits per heavy atom. The molecule has 0 aliphatic rings. The highest BCUT2D eigenvalue weighted by Gasteiger charge is 2.09. The van der Waals surface area contributed by atoms with Crippen LogP contribution in [0.2, 0.25) is 15.1 Å². The zero-order valence-corrected chi connectivity index (χ0v) is 15.2. The summed E-state index contributed by atoms with van der Waals surface area (Å²) in [4.78, 5) is 12.6. The van der Waals surface area contributed by atoms with Gasteiger partial charge in [-0.15, -0.1) is 11.8 Å². The first kappa shape index (κ1) is 17.0. The SMILES string of the molecule is O=C(CSc1cc(Cl)c(Cl)cc1Cl)Nc1ccc(Br)cc1. The van der Waals surface area contributed by atoms with Crippen LogP contribution in [0.3, 0.4) is 0 Å². The number of carbonyl (C=O) groups is 1. The quantitative estimate of drug-likeness (QED) is 0.471. The zero-order valence-electron chi connectivity index (χ0n) is 10.5. The van der Waals surface area contributed by atoms with Crippen molar-refractivity contribution in [3.63, 3.8) is 0 Å². The maximum Gasteiger partial charge on any atom is 0.234 e. The van der Waals surface area contributed by atoms with E-state index in [2.05, 4.69) is 21.2 Å². The highest BCUT2D eigenvalue weighted by Crippen LogP contribution is 2.34. The fraction of sp³-hybridized carbons (Fsp3) is 0.0714. The van der Waals surface area contributed by atoms with Crippen LogP contribution < -0.4 is 5.32 Å². The van der Waals surface area contributed by atoms with Crippen LogP contribution in [0.15, 0.2) is 45.8 Å². The minimum atomic E-state index is -0.121. The van der Waals surface area contributed by atoms with Gasteiger partial charge >= 0.3 is 0 Å². The molecule has 1 N–H and O–H groups in total. The molecule has 0 saturated carbocycles. The summed E-state index contributed by atoms with van der Waals surface area (Å²) in [6.45, 7) is 0. The average Bonchev–Trinajstić information content (AvgIpc) is 2.44. The number of rotatable bonds is 4. The normalized spacial score (nSPS) is 10.5. The Hall–Kier alpha value is -0.390. The van der Waals surface area contributed by atoms with E-state index in [1.54, 1.807) is 12.1 Å². The molecule has 0 aliphatic heterocycles. The van der Waals surface area contributed by atoms with Crippen LogP contribution in [-0.4, -0.2) is 11.7 Å². The Bertz CT molecular complexity index is 664. The van der Waals surface area contributed by atoms with Crippen LogP contribution in [0.4, 0.5) is 5.69 Å². The Morgan fingerprint density at radius 2 is 1.67 bits per heavy atom. The molecule has 2 nitrogen and oxygen atoms in total. The van der Waals surface area contributed by atoms with Gasteiger partial charge in [-0.3, -0.25) is 4.79 Å². The van der Waals surface area contributed by atoms with Crippen LogP contribution in [0.5, 0.6) is 0 Å². The van der Waals surface area contributed by atoms with Crippen LogP contribution in [0, 0.1) is 0 Å². The topological polar surface area (TPSA) is 29.1 Å². The van der Waals surface area contributed by atoms with Gasteiger partial charge in [-0.25, -0.2) is 0 Å². The summed E-state index contributed by atoms with van der Waals surface area (Å²) in [7, 11) is 0. The minimum absolute atomic E-state index is 0.121. The molecule has 0 radical (unpaired) electrons. The highest BCUT2D eigenvalue weighted by molar-refractivity contribution is 9.10. The van der Waals surface area contributed by atoms with Gasteiger partial charge in [-0.05, 0) is 36.4 Å². The lowest BCUT2D eigenvalue weighted by atomic mass is 10.3. The number of nitrogens with one attached hydrogen (secondary N) is 1. The summed E-state index contributed by atoms with van der Waals surface area (Å²) in [6.07, 6.45) is 0. The molecule has 0 saturated heterocycles. The standard InChI is InChI=1S/C14H9BrCl3NOS/c15-8-1-3-9(4-2-8)19-14(20)7-21-13-6-11(17)10(16)5-12(13)18/h1-6H,7H2,(H,19,20). The third-order valence-corrected chi connectivity index (χ3v) is 5.19. The van der Waals surface area contributed by atoms with Crippen molar-refractivity contribution >= 4 is 74.1 Å². The van der Waals surface area contributed by atoms with E-state index in [9.17, 15) is 4.79 Å². The fourth-order valence-electron chi connectivity index (χ4n) is 1.49. The molecule has 0 fully saturated rings. The first-order chi connectivity index (χ1) is 9.95. The molecule has 2 rings (SSSR count). The smallest absolute Gasteiger partial charge is 0.234 e. The first-order valence-corrected chi connectivity index (χ1v) is 8.69. The van der Waals surface area contributed by atoms with Crippen LogP contribution in [0.1, 0.15) is 0 Å². The second-order valence-corrected chi connectivity index (χ2v) is 7.19. The largest absolute Gasteiger partial charge is 0.325 e. The third kappa shape index (κ3) is 5.08. The number of amides is 1. The number of halogens is 4. The van der Waals surface area contributed by atoms with Gasteiger partial charge in [0.25, 0.3) is 0 Å². The molecule has 21 heavy (non-hydrogen) atoms. The summed E-state index contributed by atoms with van der Waals surface area (Å²) in [5, 5.41) is 4.09. The van der Waals surface area contributed by atoms with Gasteiger partial charge in [-0.1, -0.05) is 50.7 Å². The van der Waals surface area contributed by atoms with Crippen molar-refractivity contribution in [2.24, 2.45) is 0 Å². The molecule has 1 amide bonds. The molecule has 0 aliphatic carbocycles. The number of hydrogen-bond donors (Lipinski definition) is 1. The maximum atomic E-state index is 11.9. The lowest BCUT2D eigenvalue weighted by Crippen LogP contribution is -2.13. The van der Waals surface area contributed by atoms with E-state index in [4.69, 9.17) is 34.8 Å². The molecule has 0 atom stereocenters. The van der Waals surface area contributed by atoms with Gasteiger partial charge in [0.1, 0.15) is 0 Å². The summed E-state index contributed by atoms with van der Waals surface area (Å²) >= 11 is 22.5. The van der Waals surface area contributed by atoms with Gasteiger partial charge < -0.3 is 5.32 Å². The van der Waals surface area contributed by atoms with Crippen LogP contribution >= 0.6 is 62.5 Å². The van der Waals surface area contributed by atoms with Gasteiger partial charge in [0.2, 0.25) is 5.91 Å². The van der Waals surface area contributed by atoms with E-state index in [1.165, 1.54) is 11.8 Å². The van der Waals surface area contributed by atoms with E-state index in [0.29, 0.717) is 15.1 Å². The number of thioether (sulfide) groups is 1. The molecular formula is C14H9BrCl3NOS. The summed E-state index contributed by atoms with van der Waals surface area (Å²) in [5.41, 5.74) is 0.740. The van der Waals surface area contributed by atoms with Crippen molar-refractivity contribution in [3.8, 4) is 0 Å². The van der Waals surface area contributed by atoms with E-state index < -0.39 is 0 Å². The molecule has 2 aromatic carbocycles. The van der Waals surface area contributed by atoms with Crippen LogP contribution in [0.25, 0.3) is 0 Å². The van der Waals surface area contributed by atoms with Crippen molar-refractivity contribution < 1.29 is 4.79 Å². The molecule has 110 valence electrons. The molecule has 0 heterocycles.